The van der Waals surface area contributed by atoms with Gasteiger partial charge in [-0.25, -0.2) is 4.98 Å². The molecule has 1 aliphatic rings. The number of likely N-dealkylation sites (tertiary alicyclic amines) is 1. The Labute approximate surface area is 190 Å². The molecule has 1 N–H and O–H groups in total. The summed E-state index contributed by atoms with van der Waals surface area (Å²) < 4.78 is 7.41. The van der Waals surface area contributed by atoms with Crippen LogP contribution >= 0.6 is 11.6 Å². The molecule has 0 spiro atoms. The summed E-state index contributed by atoms with van der Waals surface area (Å²) in [5.74, 6) is -1.09. The maximum absolute atomic E-state index is 13.1. The van der Waals surface area contributed by atoms with Crippen molar-refractivity contribution in [2.45, 2.75) is 19.0 Å². The molecule has 3 aromatic rings. The summed E-state index contributed by atoms with van der Waals surface area (Å²) in [6.07, 6.45) is 5.84. The monoisotopic (exact) mass is 451 g/mol. The molecule has 8 heteroatoms. The number of benzene rings is 2. The van der Waals surface area contributed by atoms with E-state index in [1.165, 1.54) is 12.0 Å². The molecule has 0 saturated carbocycles. The first kappa shape index (κ1) is 21.6. The maximum atomic E-state index is 13.1. The largest absolute Gasteiger partial charge is 0.507 e. The first-order chi connectivity index (χ1) is 15.5. The summed E-state index contributed by atoms with van der Waals surface area (Å²) in [4.78, 5) is 31.6. The van der Waals surface area contributed by atoms with Gasteiger partial charge in [-0.2, -0.15) is 0 Å². The normalized spacial score (nSPS) is 17.7. The molecule has 2 heterocycles. The number of nitrogens with zero attached hydrogens (tertiary/aromatic N) is 3. The minimum absolute atomic E-state index is 0.0319. The highest BCUT2D eigenvalue weighted by Gasteiger charge is 2.46. The van der Waals surface area contributed by atoms with Crippen LogP contribution in [-0.4, -0.2) is 44.9 Å². The van der Waals surface area contributed by atoms with Gasteiger partial charge >= 0.3 is 0 Å². The summed E-state index contributed by atoms with van der Waals surface area (Å²) in [5.41, 5.74) is 1.07. The fourth-order valence-electron chi connectivity index (χ4n) is 3.93. The molecule has 0 radical (unpaired) electrons. The van der Waals surface area contributed by atoms with Gasteiger partial charge in [0.1, 0.15) is 11.5 Å². The Hall–Kier alpha value is -3.58. The van der Waals surface area contributed by atoms with Gasteiger partial charge < -0.3 is 19.3 Å². The van der Waals surface area contributed by atoms with Crippen LogP contribution < -0.4 is 4.74 Å². The number of Topliss-reactive ketones (excluding diaryl/α,β-unsaturated/α-hetero) is 1. The number of aromatic nitrogens is 2. The van der Waals surface area contributed by atoms with Gasteiger partial charge in [0.25, 0.3) is 11.7 Å². The second kappa shape index (κ2) is 9.28. The van der Waals surface area contributed by atoms with Crippen LogP contribution in [0.1, 0.15) is 23.6 Å². The molecular weight excluding hydrogens is 430 g/mol. The maximum Gasteiger partial charge on any atom is 0.295 e. The smallest absolute Gasteiger partial charge is 0.295 e. The van der Waals surface area contributed by atoms with E-state index in [1.807, 2.05) is 22.9 Å². The Morgan fingerprint density at radius 1 is 1.12 bits per heavy atom. The van der Waals surface area contributed by atoms with E-state index >= 15 is 0 Å². The Kier molecular flexibility index (Phi) is 6.28. The van der Waals surface area contributed by atoms with Crippen LogP contribution in [0, 0.1) is 0 Å². The lowest BCUT2D eigenvalue weighted by atomic mass is 9.94. The molecule has 32 heavy (non-hydrogen) atoms. The molecule has 1 fully saturated rings. The SMILES string of the molecule is COc1ccccc1C1/C(=C(/O)c2ccc(Cl)cc2)C(=O)C(=O)N1CCCn1ccnc1. The highest BCUT2D eigenvalue weighted by atomic mass is 35.5. The van der Waals surface area contributed by atoms with Crippen molar-refractivity contribution < 1.29 is 19.4 Å². The third kappa shape index (κ3) is 4.11. The van der Waals surface area contributed by atoms with E-state index in [1.54, 1.807) is 48.9 Å². The molecule has 1 aliphatic heterocycles. The number of methoxy groups -OCH3 is 1. The van der Waals surface area contributed by atoms with Crippen molar-refractivity contribution in [3.8, 4) is 5.75 Å². The lowest BCUT2D eigenvalue weighted by Crippen LogP contribution is -2.31. The number of amides is 1. The number of aliphatic hydroxyl groups excluding tert-OH is 1. The Morgan fingerprint density at radius 3 is 2.56 bits per heavy atom. The number of carbonyl (C=O) groups excluding carboxylic acids is 2. The van der Waals surface area contributed by atoms with Crippen LogP contribution in [0.2, 0.25) is 5.02 Å². The number of para-hydroxylation sites is 1. The summed E-state index contributed by atoms with van der Waals surface area (Å²) >= 11 is 5.96. The molecule has 1 aromatic heterocycles. The zero-order valence-electron chi connectivity index (χ0n) is 17.4. The summed E-state index contributed by atoms with van der Waals surface area (Å²) in [6.45, 7) is 0.960. The van der Waals surface area contributed by atoms with E-state index in [9.17, 15) is 14.7 Å². The number of rotatable bonds is 7. The number of ether oxygens (including phenoxy) is 1. The number of halogens is 1. The molecular formula is C24H22ClN3O4. The van der Waals surface area contributed by atoms with Crippen molar-refractivity contribution in [2.75, 3.05) is 13.7 Å². The predicted octanol–water partition coefficient (Wildman–Crippen LogP) is 4.06. The van der Waals surface area contributed by atoms with Gasteiger partial charge in [0.15, 0.2) is 0 Å². The fraction of sp³-hybridized carbons (Fsp3) is 0.208. The number of aliphatic hydroxyl groups is 1. The third-order valence-electron chi connectivity index (χ3n) is 5.47. The molecule has 1 amide bonds. The van der Waals surface area contributed by atoms with E-state index in [-0.39, 0.29) is 11.3 Å². The number of hydrogen-bond donors (Lipinski definition) is 1. The van der Waals surface area contributed by atoms with Gasteiger partial charge in [0, 0.05) is 41.6 Å². The third-order valence-corrected chi connectivity index (χ3v) is 5.72. The van der Waals surface area contributed by atoms with Gasteiger partial charge in [-0.1, -0.05) is 29.8 Å². The number of ketones is 1. The fourth-order valence-corrected chi connectivity index (χ4v) is 4.06. The average Bonchev–Trinajstić information content (AvgIpc) is 3.41. The lowest BCUT2D eigenvalue weighted by molar-refractivity contribution is -0.140. The number of aryl methyl sites for hydroxylation is 1. The molecule has 0 bridgehead atoms. The molecule has 2 aromatic carbocycles. The van der Waals surface area contributed by atoms with Crippen LogP contribution in [0.4, 0.5) is 0 Å². The van der Waals surface area contributed by atoms with Gasteiger partial charge in [-0.05, 0) is 36.8 Å². The van der Waals surface area contributed by atoms with Crippen LogP contribution in [0.5, 0.6) is 5.75 Å². The van der Waals surface area contributed by atoms with Crippen LogP contribution in [-0.2, 0) is 16.1 Å². The predicted molar refractivity (Wildman–Crippen MR) is 120 cm³/mol. The summed E-state index contributed by atoms with van der Waals surface area (Å²) in [5, 5.41) is 11.6. The highest BCUT2D eigenvalue weighted by Crippen LogP contribution is 2.42. The van der Waals surface area contributed by atoms with E-state index in [0.29, 0.717) is 41.4 Å². The Bertz CT molecular complexity index is 1160. The number of imidazole rings is 1. The first-order valence-corrected chi connectivity index (χ1v) is 10.5. The number of carbonyl (C=O) groups is 2. The van der Waals surface area contributed by atoms with Crippen molar-refractivity contribution >= 4 is 29.1 Å². The molecule has 1 saturated heterocycles. The minimum Gasteiger partial charge on any atom is -0.507 e. The Morgan fingerprint density at radius 2 is 1.88 bits per heavy atom. The van der Waals surface area contributed by atoms with Crippen molar-refractivity contribution in [1.29, 1.82) is 0 Å². The van der Waals surface area contributed by atoms with Gasteiger partial charge in [0.2, 0.25) is 0 Å². The summed E-state index contributed by atoms with van der Waals surface area (Å²) in [7, 11) is 1.53. The average molecular weight is 452 g/mol. The van der Waals surface area contributed by atoms with Gasteiger partial charge in [-0.15, -0.1) is 0 Å². The van der Waals surface area contributed by atoms with Crippen molar-refractivity contribution in [3.05, 3.63) is 89.0 Å². The zero-order valence-corrected chi connectivity index (χ0v) is 18.2. The van der Waals surface area contributed by atoms with Crippen molar-refractivity contribution in [2.24, 2.45) is 0 Å². The highest BCUT2D eigenvalue weighted by molar-refractivity contribution is 6.46. The Balaban J connectivity index is 1.77. The quantitative estimate of drug-likeness (QED) is 0.332. The molecule has 164 valence electrons. The van der Waals surface area contributed by atoms with Crippen molar-refractivity contribution in [3.63, 3.8) is 0 Å². The summed E-state index contributed by atoms with van der Waals surface area (Å²) in [6, 6.07) is 12.9. The van der Waals surface area contributed by atoms with Crippen molar-refractivity contribution in [1.82, 2.24) is 14.5 Å². The second-order valence-corrected chi connectivity index (χ2v) is 7.83. The van der Waals surface area contributed by atoms with E-state index in [2.05, 4.69) is 4.98 Å². The van der Waals surface area contributed by atoms with E-state index in [0.717, 1.165) is 0 Å². The van der Waals surface area contributed by atoms with Crippen LogP contribution in [0.25, 0.3) is 5.76 Å². The molecule has 7 nitrogen and oxygen atoms in total. The van der Waals surface area contributed by atoms with Gasteiger partial charge in [-0.3, -0.25) is 9.59 Å². The minimum atomic E-state index is -0.774. The topological polar surface area (TPSA) is 84.7 Å². The van der Waals surface area contributed by atoms with E-state index < -0.39 is 17.7 Å². The second-order valence-electron chi connectivity index (χ2n) is 7.40. The standard InChI is InChI=1S/C24H22ClN3O4/c1-32-19-6-3-2-5-18(19)21-20(22(29)16-7-9-17(25)10-8-16)23(30)24(31)28(21)13-4-12-27-14-11-26-15-27/h2-3,5-11,14-15,21,29H,4,12-13H2,1H3/b22-20-. The number of hydrogen-bond acceptors (Lipinski definition) is 5. The lowest BCUT2D eigenvalue weighted by Gasteiger charge is -2.26. The molecule has 0 aliphatic carbocycles. The van der Waals surface area contributed by atoms with Crippen LogP contribution in [0.15, 0.2) is 72.8 Å². The van der Waals surface area contributed by atoms with Gasteiger partial charge in [0.05, 0.1) is 25.1 Å². The molecule has 1 unspecified atom stereocenters. The first-order valence-electron chi connectivity index (χ1n) is 10.1. The molecule has 1 atom stereocenters. The zero-order chi connectivity index (χ0) is 22.7. The molecule has 4 rings (SSSR count). The van der Waals surface area contributed by atoms with Crippen LogP contribution in [0.3, 0.4) is 0 Å². The van der Waals surface area contributed by atoms with E-state index in [4.69, 9.17) is 16.3 Å².